The third-order valence-corrected chi connectivity index (χ3v) is 5.28. The smallest absolute Gasteiger partial charge is 0.335 e. The van der Waals surface area contributed by atoms with E-state index in [0.717, 1.165) is 4.68 Å². The predicted molar refractivity (Wildman–Crippen MR) is 95.8 cm³/mol. The number of amides is 1. The second kappa shape index (κ2) is 7.88. The second-order valence-corrected chi connectivity index (χ2v) is 7.19. The summed E-state index contributed by atoms with van der Waals surface area (Å²) in [4.78, 5) is 16.0. The van der Waals surface area contributed by atoms with Crippen LogP contribution in [-0.2, 0) is 19.8 Å². The van der Waals surface area contributed by atoms with E-state index in [1.807, 2.05) is 4.90 Å². The number of aryl methyl sites for hydroxylation is 1. The summed E-state index contributed by atoms with van der Waals surface area (Å²) in [5, 5.41) is 2.94. The van der Waals surface area contributed by atoms with Crippen molar-refractivity contribution in [1.82, 2.24) is 19.6 Å². The molecular formula is C17H16Cl2F4N4O. The molecule has 0 atom stereocenters. The fourth-order valence-corrected chi connectivity index (χ4v) is 3.65. The van der Waals surface area contributed by atoms with E-state index >= 15 is 0 Å². The van der Waals surface area contributed by atoms with E-state index in [9.17, 15) is 22.4 Å². The highest BCUT2D eigenvalue weighted by Crippen LogP contribution is 2.35. The molecule has 5 nitrogen and oxygen atoms in total. The highest BCUT2D eigenvalue weighted by molar-refractivity contribution is 6.34. The second-order valence-electron chi connectivity index (χ2n) is 6.40. The number of nitrogens with zero attached hydrogens (tertiary/aromatic N) is 4. The average Bonchev–Trinajstić information content (AvgIpc) is 2.93. The van der Waals surface area contributed by atoms with E-state index in [1.54, 1.807) is 6.07 Å². The molecular weight excluding hydrogens is 423 g/mol. The molecule has 0 bridgehead atoms. The lowest BCUT2D eigenvalue weighted by atomic mass is 10.1. The van der Waals surface area contributed by atoms with Crippen molar-refractivity contribution in [2.45, 2.75) is 12.7 Å². The molecule has 28 heavy (non-hydrogen) atoms. The molecule has 1 aliphatic rings. The number of hydrogen-bond donors (Lipinski definition) is 0. The van der Waals surface area contributed by atoms with Crippen LogP contribution in [0.5, 0.6) is 0 Å². The molecule has 0 aliphatic carbocycles. The molecule has 2 heterocycles. The number of carbonyl (C=O) groups excluding carboxylic acids is 1. The molecule has 1 aromatic carbocycles. The van der Waals surface area contributed by atoms with Gasteiger partial charge in [-0.3, -0.25) is 14.4 Å². The molecule has 2 aromatic rings. The van der Waals surface area contributed by atoms with E-state index in [1.165, 1.54) is 24.1 Å². The summed E-state index contributed by atoms with van der Waals surface area (Å²) >= 11 is 11.8. The molecule has 11 heteroatoms. The molecule has 1 aromatic heterocycles. The zero-order chi connectivity index (χ0) is 20.6. The number of rotatable bonds is 3. The van der Waals surface area contributed by atoms with Crippen molar-refractivity contribution in [2.75, 3.05) is 26.2 Å². The summed E-state index contributed by atoms with van der Waals surface area (Å²) in [5.41, 5.74) is -1.22. The molecule has 0 N–H and O–H groups in total. The van der Waals surface area contributed by atoms with Gasteiger partial charge in [-0.1, -0.05) is 29.3 Å². The van der Waals surface area contributed by atoms with Gasteiger partial charge in [0.2, 0.25) is 0 Å². The predicted octanol–water partition coefficient (Wildman–Crippen LogP) is 3.84. The maximum atomic E-state index is 13.9. The van der Waals surface area contributed by atoms with E-state index in [2.05, 4.69) is 5.10 Å². The van der Waals surface area contributed by atoms with Crippen LogP contribution in [0.1, 0.15) is 21.7 Å². The summed E-state index contributed by atoms with van der Waals surface area (Å²) in [6, 6.07) is 4.44. The van der Waals surface area contributed by atoms with Gasteiger partial charge in [-0.25, -0.2) is 4.39 Å². The third kappa shape index (κ3) is 4.11. The largest absolute Gasteiger partial charge is 0.436 e. The Morgan fingerprint density at radius 3 is 2.36 bits per heavy atom. The zero-order valence-corrected chi connectivity index (χ0v) is 16.2. The van der Waals surface area contributed by atoms with Gasteiger partial charge in [-0.15, -0.1) is 0 Å². The number of carbonyl (C=O) groups is 1. The Morgan fingerprint density at radius 2 is 1.82 bits per heavy atom. The van der Waals surface area contributed by atoms with Gasteiger partial charge in [0.15, 0.2) is 5.69 Å². The van der Waals surface area contributed by atoms with Gasteiger partial charge in [0, 0.05) is 50.4 Å². The van der Waals surface area contributed by atoms with Crippen molar-refractivity contribution in [3.8, 4) is 0 Å². The first-order valence-corrected chi connectivity index (χ1v) is 9.09. The van der Waals surface area contributed by atoms with Crippen LogP contribution in [0.2, 0.25) is 10.0 Å². The van der Waals surface area contributed by atoms with Gasteiger partial charge in [-0.05, 0) is 12.1 Å². The minimum atomic E-state index is -4.74. The topological polar surface area (TPSA) is 41.4 Å². The SMILES string of the molecule is Cn1nc(C(F)(F)F)c(Cl)c1C(=O)N1CCN(Cc2c(F)cccc2Cl)CC1. The summed E-state index contributed by atoms with van der Waals surface area (Å²) < 4.78 is 53.6. The van der Waals surface area contributed by atoms with E-state index < -0.39 is 28.6 Å². The van der Waals surface area contributed by atoms with Crippen molar-refractivity contribution in [2.24, 2.45) is 7.05 Å². The Kier molecular flexibility index (Phi) is 5.88. The number of halogens is 6. The van der Waals surface area contributed by atoms with Crippen LogP contribution in [0.3, 0.4) is 0 Å². The molecule has 1 saturated heterocycles. The minimum absolute atomic E-state index is 0.258. The van der Waals surface area contributed by atoms with Gasteiger partial charge < -0.3 is 4.90 Å². The molecule has 152 valence electrons. The average molecular weight is 439 g/mol. The highest BCUT2D eigenvalue weighted by atomic mass is 35.5. The third-order valence-electron chi connectivity index (χ3n) is 4.56. The fraction of sp³-hybridized carbons (Fsp3) is 0.412. The molecule has 1 aliphatic heterocycles. The Hall–Kier alpha value is -1.84. The maximum absolute atomic E-state index is 13.9. The molecule has 0 radical (unpaired) electrons. The standard InChI is InChI=1S/C17H16Cl2F4N4O/c1-25-14(13(19)15(24-25)17(21,22)23)16(28)27-7-5-26(6-8-27)9-10-11(18)3-2-4-12(10)20/h2-4H,5-9H2,1H3. The summed E-state index contributed by atoms with van der Waals surface area (Å²) in [7, 11) is 1.24. The maximum Gasteiger partial charge on any atom is 0.436 e. The van der Waals surface area contributed by atoms with E-state index in [-0.39, 0.29) is 25.3 Å². The lowest BCUT2D eigenvalue weighted by Gasteiger charge is -2.34. The van der Waals surface area contributed by atoms with Crippen molar-refractivity contribution in [3.63, 3.8) is 0 Å². The van der Waals surface area contributed by atoms with Crippen molar-refractivity contribution < 1.29 is 22.4 Å². The number of aromatic nitrogens is 2. The first kappa shape index (κ1) is 20.9. The Bertz CT molecular complexity index is 872. The van der Waals surface area contributed by atoms with Crippen LogP contribution in [0, 0.1) is 5.82 Å². The van der Waals surface area contributed by atoms with Crippen LogP contribution < -0.4 is 0 Å². The summed E-state index contributed by atoms with van der Waals surface area (Å²) in [6.07, 6.45) is -4.74. The Morgan fingerprint density at radius 1 is 1.18 bits per heavy atom. The van der Waals surface area contributed by atoms with Gasteiger partial charge in [-0.2, -0.15) is 18.3 Å². The number of piperazine rings is 1. The van der Waals surface area contributed by atoms with Crippen LogP contribution in [-0.4, -0.2) is 51.7 Å². The molecule has 3 rings (SSSR count). The minimum Gasteiger partial charge on any atom is -0.335 e. The normalized spacial score (nSPS) is 15.9. The van der Waals surface area contributed by atoms with E-state index in [4.69, 9.17) is 23.2 Å². The van der Waals surface area contributed by atoms with E-state index in [0.29, 0.717) is 23.7 Å². The number of alkyl halides is 3. The first-order valence-electron chi connectivity index (χ1n) is 8.33. The summed E-state index contributed by atoms with van der Waals surface area (Å²) in [5.74, 6) is -1.04. The molecule has 0 saturated carbocycles. The number of hydrogen-bond acceptors (Lipinski definition) is 3. The Labute approximate surface area is 168 Å². The zero-order valence-electron chi connectivity index (χ0n) is 14.7. The quantitative estimate of drug-likeness (QED) is 0.683. The number of benzene rings is 1. The monoisotopic (exact) mass is 438 g/mol. The summed E-state index contributed by atoms with van der Waals surface area (Å²) in [6.45, 7) is 1.62. The van der Waals surface area contributed by atoms with Gasteiger partial charge in [0.1, 0.15) is 16.5 Å². The first-order chi connectivity index (χ1) is 13.1. The van der Waals surface area contributed by atoms with Gasteiger partial charge in [0.05, 0.1) is 0 Å². The molecule has 1 amide bonds. The van der Waals surface area contributed by atoms with Crippen LogP contribution in [0.15, 0.2) is 18.2 Å². The Balaban J connectivity index is 1.69. The van der Waals surface area contributed by atoms with Crippen LogP contribution in [0.4, 0.5) is 17.6 Å². The fourth-order valence-electron chi connectivity index (χ4n) is 3.08. The van der Waals surface area contributed by atoms with Crippen LogP contribution in [0.25, 0.3) is 0 Å². The van der Waals surface area contributed by atoms with Gasteiger partial charge in [0.25, 0.3) is 5.91 Å². The van der Waals surface area contributed by atoms with Crippen molar-refractivity contribution >= 4 is 29.1 Å². The van der Waals surface area contributed by atoms with Crippen molar-refractivity contribution in [1.29, 1.82) is 0 Å². The van der Waals surface area contributed by atoms with Crippen molar-refractivity contribution in [3.05, 3.63) is 51.0 Å². The van der Waals surface area contributed by atoms with Gasteiger partial charge >= 0.3 is 6.18 Å². The lowest BCUT2D eigenvalue weighted by molar-refractivity contribution is -0.141. The molecule has 0 spiro atoms. The highest BCUT2D eigenvalue weighted by Gasteiger charge is 2.40. The lowest BCUT2D eigenvalue weighted by Crippen LogP contribution is -2.48. The van der Waals surface area contributed by atoms with Crippen LogP contribution >= 0.6 is 23.2 Å². The molecule has 0 unspecified atom stereocenters. The molecule has 1 fully saturated rings.